The first-order valence-corrected chi connectivity index (χ1v) is 6.70. The van der Waals surface area contributed by atoms with E-state index in [2.05, 4.69) is 39.9 Å². The third kappa shape index (κ3) is 2.98. The fourth-order valence-corrected chi connectivity index (χ4v) is 2.57. The second-order valence-corrected chi connectivity index (χ2v) is 5.67. The van der Waals surface area contributed by atoms with Crippen LogP contribution in [0.2, 0.25) is 0 Å². The van der Waals surface area contributed by atoms with Crippen LogP contribution >= 0.6 is 15.9 Å². The zero-order valence-electron chi connectivity index (χ0n) is 9.75. The van der Waals surface area contributed by atoms with Crippen molar-refractivity contribution >= 4 is 21.6 Å². The molecule has 0 radical (unpaired) electrons. The summed E-state index contributed by atoms with van der Waals surface area (Å²) in [5.41, 5.74) is 7.94. The first kappa shape index (κ1) is 11.9. The molecule has 0 unspecified atom stereocenters. The maximum Gasteiger partial charge on any atom is 0.0458 e. The smallest absolute Gasteiger partial charge is 0.0458 e. The first-order chi connectivity index (χ1) is 7.65. The normalized spacial score (nSPS) is 18.9. The summed E-state index contributed by atoms with van der Waals surface area (Å²) >= 11 is 3.48. The van der Waals surface area contributed by atoms with Crippen LogP contribution in [0.4, 0.5) is 5.69 Å². The molecule has 0 atom stereocenters. The standard InChI is InChI=1S/C13H19BrN2/c1-10-4-6-16(7-5-10)9-11-2-3-13(15)12(14)8-11/h2-3,8,10H,4-7,9,15H2,1H3. The Balaban J connectivity index is 1.96. The highest BCUT2D eigenvalue weighted by atomic mass is 79.9. The number of nitrogens with zero attached hydrogens (tertiary/aromatic N) is 1. The van der Waals surface area contributed by atoms with E-state index >= 15 is 0 Å². The summed E-state index contributed by atoms with van der Waals surface area (Å²) in [7, 11) is 0. The van der Waals surface area contributed by atoms with Gasteiger partial charge in [0.1, 0.15) is 0 Å². The van der Waals surface area contributed by atoms with Gasteiger partial charge in [0.25, 0.3) is 0 Å². The molecule has 0 amide bonds. The summed E-state index contributed by atoms with van der Waals surface area (Å²) in [4.78, 5) is 2.53. The summed E-state index contributed by atoms with van der Waals surface area (Å²) in [6.07, 6.45) is 2.66. The van der Waals surface area contributed by atoms with Gasteiger partial charge in [0.05, 0.1) is 0 Å². The molecule has 0 spiro atoms. The van der Waals surface area contributed by atoms with Gasteiger partial charge in [-0.3, -0.25) is 4.90 Å². The van der Waals surface area contributed by atoms with Crippen LogP contribution in [0.1, 0.15) is 25.3 Å². The average Bonchev–Trinajstić information content (AvgIpc) is 2.27. The minimum atomic E-state index is 0.816. The number of benzene rings is 1. The number of nitrogens with two attached hydrogens (primary N) is 1. The summed E-state index contributed by atoms with van der Waals surface area (Å²) < 4.78 is 1.01. The molecule has 2 nitrogen and oxygen atoms in total. The van der Waals surface area contributed by atoms with Crippen molar-refractivity contribution in [1.82, 2.24) is 4.90 Å². The molecular weight excluding hydrogens is 264 g/mol. The maximum absolute atomic E-state index is 5.78. The van der Waals surface area contributed by atoms with E-state index in [4.69, 9.17) is 5.73 Å². The van der Waals surface area contributed by atoms with Crippen LogP contribution < -0.4 is 5.73 Å². The summed E-state index contributed by atoms with van der Waals surface area (Å²) in [6, 6.07) is 6.23. The van der Waals surface area contributed by atoms with Crippen molar-refractivity contribution in [3.8, 4) is 0 Å². The number of nitrogen functional groups attached to an aromatic ring is 1. The van der Waals surface area contributed by atoms with Gasteiger partial charge in [-0.15, -0.1) is 0 Å². The molecule has 1 aromatic carbocycles. The quantitative estimate of drug-likeness (QED) is 0.844. The van der Waals surface area contributed by atoms with E-state index in [1.165, 1.54) is 31.5 Å². The van der Waals surface area contributed by atoms with Gasteiger partial charge in [-0.25, -0.2) is 0 Å². The fraction of sp³-hybridized carbons (Fsp3) is 0.538. The second-order valence-electron chi connectivity index (χ2n) is 4.81. The van der Waals surface area contributed by atoms with Crippen molar-refractivity contribution < 1.29 is 0 Å². The summed E-state index contributed by atoms with van der Waals surface area (Å²) in [5.74, 6) is 0.898. The van der Waals surface area contributed by atoms with Crippen LogP contribution in [0.15, 0.2) is 22.7 Å². The average molecular weight is 283 g/mol. The van der Waals surface area contributed by atoms with Crippen LogP contribution in [-0.4, -0.2) is 18.0 Å². The molecule has 1 aliphatic rings. The van der Waals surface area contributed by atoms with Crippen molar-refractivity contribution in [1.29, 1.82) is 0 Å². The Hall–Kier alpha value is -0.540. The van der Waals surface area contributed by atoms with Gasteiger partial charge in [-0.1, -0.05) is 13.0 Å². The van der Waals surface area contributed by atoms with Crippen LogP contribution in [0.3, 0.4) is 0 Å². The van der Waals surface area contributed by atoms with Crippen LogP contribution in [-0.2, 0) is 6.54 Å². The number of anilines is 1. The lowest BCUT2D eigenvalue weighted by atomic mass is 9.99. The van der Waals surface area contributed by atoms with E-state index < -0.39 is 0 Å². The minimum Gasteiger partial charge on any atom is -0.398 e. The van der Waals surface area contributed by atoms with Crippen molar-refractivity contribution in [3.63, 3.8) is 0 Å². The fourth-order valence-electron chi connectivity index (χ4n) is 2.15. The van der Waals surface area contributed by atoms with E-state index in [0.29, 0.717) is 0 Å². The Morgan fingerprint density at radius 3 is 2.69 bits per heavy atom. The number of piperidine rings is 1. The molecule has 1 heterocycles. The lowest BCUT2D eigenvalue weighted by Gasteiger charge is -2.30. The Morgan fingerprint density at radius 2 is 2.06 bits per heavy atom. The second kappa shape index (κ2) is 5.19. The lowest BCUT2D eigenvalue weighted by Crippen LogP contribution is -2.32. The number of rotatable bonds is 2. The van der Waals surface area contributed by atoms with Gasteiger partial charge < -0.3 is 5.73 Å². The third-order valence-corrected chi connectivity index (χ3v) is 4.03. The topological polar surface area (TPSA) is 29.3 Å². The highest BCUT2D eigenvalue weighted by Crippen LogP contribution is 2.23. The number of likely N-dealkylation sites (tertiary alicyclic amines) is 1. The Labute approximate surface area is 106 Å². The SMILES string of the molecule is CC1CCN(Cc2ccc(N)c(Br)c2)CC1. The number of halogens is 1. The maximum atomic E-state index is 5.78. The highest BCUT2D eigenvalue weighted by Gasteiger charge is 2.15. The number of hydrogen-bond donors (Lipinski definition) is 1. The molecular formula is C13H19BrN2. The predicted octanol–water partition coefficient (Wildman–Crippen LogP) is 3.26. The van der Waals surface area contributed by atoms with E-state index in [0.717, 1.165) is 22.6 Å². The van der Waals surface area contributed by atoms with Crippen molar-refractivity contribution in [2.75, 3.05) is 18.8 Å². The molecule has 88 valence electrons. The molecule has 3 heteroatoms. The highest BCUT2D eigenvalue weighted by molar-refractivity contribution is 9.10. The van der Waals surface area contributed by atoms with E-state index in [1.807, 2.05) is 6.07 Å². The zero-order chi connectivity index (χ0) is 11.5. The van der Waals surface area contributed by atoms with Gasteiger partial charge >= 0.3 is 0 Å². The molecule has 0 saturated carbocycles. The van der Waals surface area contributed by atoms with Gasteiger partial charge in [0.2, 0.25) is 0 Å². The Bertz CT molecular complexity index is 357. The van der Waals surface area contributed by atoms with Gasteiger partial charge in [-0.05, 0) is 65.5 Å². The largest absolute Gasteiger partial charge is 0.398 e. The first-order valence-electron chi connectivity index (χ1n) is 5.91. The monoisotopic (exact) mass is 282 g/mol. The van der Waals surface area contributed by atoms with E-state index in [1.54, 1.807) is 0 Å². The molecule has 0 aliphatic carbocycles. The predicted molar refractivity (Wildman–Crippen MR) is 72.2 cm³/mol. The molecule has 1 aliphatic heterocycles. The molecule has 1 fully saturated rings. The molecule has 0 bridgehead atoms. The van der Waals surface area contributed by atoms with E-state index in [-0.39, 0.29) is 0 Å². The lowest BCUT2D eigenvalue weighted by molar-refractivity contribution is 0.185. The molecule has 2 rings (SSSR count). The van der Waals surface area contributed by atoms with Crippen LogP contribution in [0, 0.1) is 5.92 Å². The van der Waals surface area contributed by atoms with Crippen LogP contribution in [0.5, 0.6) is 0 Å². The molecule has 1 saturated heterocycles. The van der Waals surface area contributed by atoms with Crippen LogP contribution in [0.25, 0.3) is 0 Å². The van der Waals surface area contributed by atoms with Crippen molar-refractivity contribution in [2.45, 2.75) is 26.3 Å². The zero-order valence-corrected chi connectivity index (χ0v) is 11.3. The molecule has 1 aromatic rings. The third-order valence-electron chi connectivity index (χ3n) is 3.35. The van der Waals surface area contributed by atoms with E-state index in [9.17, 15) is 0 Å². The van der Waals surface area contributed by atoms with Gasteiger partial charge in [-0.2, -0.15) is 0 Å². The van der Waals surface area contributed by atoms with Crippen molar-refractivity contribution in [3.05, 3.63) is 28.2 Å². The molecule has 2 N–H and O–H groups in total. The Morgan fingerprint density at radius 1 is 1.38 bits per heavy atom. The minimum absolute atomic E-state index is 0.816. The number of hydrogen-bond acceptors (Lipinski definition) is 2. The summed E-state index contributed by atoms with van der Waals surface area (Å²) in [6.45, 7) is 5.84. The molecule has 0 aromatic heterocycles. The Kier molecular flexibility index (Phi) is 3.87. The van der Waals surface area contributed by atoms with Gasteiger partial charge in [0.15, 0.2) is 0 Å². The van der Waals surface area contributed by atoms with Gasteiger partial charge in [0, 0.05) is 16.7 Å². The molecule has 16 heavy (non-hydrogen) atoms. The summed E-state index contributed by atoms with van der Waals surface area (Å²) in [5, 5.41) is 0. The van der Waals surface area contributed by atoms with Crippen molar-refractivity contribution in [2.24, 2.45) is 5.92 Å².